The molecule has 5 rings (SSSR count). The molecule has 0 aliphatic heterocycles. The average molecular weight is 756 g/mol. The number of alkyl halides is 3. The van der Waals surface area contributed by atoms with Crippen LogP contribution in [0.25, 0.3) is 0 Å². The first-order valence-corrected chi connectivity index (χ1v) is 18.8. The SMILES string of the molecule is COc1cccc(CN(C(=O)CN(c2ccc(Cl)c(C(F)(F)F)c2)S(=O)(=O)c2ccc(C)cc2)[C@@H](Cc2ccccc2)C(=O)NC2CCCCC2)c1. The standard InChI is InChI=1S/C39H41ClF3N3O5S/c1-27-16-19-33(20-17-27)52(49,50)46(31-18-21-35(40)34(24-31)39(41,42)43)26-37(47)45(25-29-12-9-15-32(22-29)51-2)36(23-28-10-5-3-6-11-28)38(48)44-30-13-7-4-8-14-30/h3,5-6,9-12,15-22,24,30,36H,4,7-8,13-14,23,25-26H2,1-2H3,(H,44,48)/t36-/m0/s1. The summed E-state index contributed by atoms with van der Waals surface area (Å²) < 4.78 is 76.8. The highest BCUT2D eigenvalue weighted by atomic mass is 35.5. The second-order valence-corrected chi connectivity index (χ2v) is 15.2. The number of nitrogens with one attached hydrogen (secondary N) is 1. The maximum atomic E-state index is 14.8. The molecule has 1 fully saturated rings. The van der Waals surface area contributed by atoms with E-state index in [4.69, 9.17) is 16.3 Å². The van der Waals surface area contributed by atoms with Crippen LogP contribution < -0.4 is 14.4 Å². The zero-order chi connectivity index (χ0) is 37.5. The van der Waals surface area contributed by atoms with Gasteiger partial charge in [-0.15, -0.1) is 0 Å². The van der Waals surface area contributed by atoms with Crippen molar-refractivity contribution in [2.24, 2.45) is 0 Å². The molecule has 2 amide bonds. The molecule has 1 aliphatic rings. The van der Waals surface area contributed by atoms with Crippen LogP contribution in [0.4, 0.5) is 18.9 Å². The van der Waals surface area contributed by atoms with E-state index in [1.165, 1.54) is 24.1 Å². The predicted octanol–water partition coefficient (Wildman–Crippen LogP) is 7.96. The van der Waals surface area contributed by atoms with Crippen molar-refractivity contribution in [2.45, 2.75) is 75.1 Å². The summed E-state index contributed by atoms with van der Waals surface area (Å²) >= 11 is 5.92. The number of ether oxygens (including phenoxy) is 1. The van der Waals surface area contributed by atoms with Crippen molar-refractivity contribution >= 4 is 39.1 Å². The second-order valence-electron chi connectivity index (χ2n) is 12.9. The van der Waals surface area contributed by atoms with E-state index in [0.29, 0.717) is 21.7 Å². The number of carbonyl (C=O) groups excluding carboxylic acids is 2. The Labute approximate surface area is 307 Å². The number of amides is 2. The molecule has 1 aliphatic carbocycles. The van der Waals surface area contributed by atoms with Crippen LogP contribution in [0.1, 0.15) is 54.4 Å². The summed E-state index contributed by atoms with van der Waals surface area (Å²) in [5.74, 6) is -0.715. The van der Waals surface area contributed by atoms with Gasteiger partial charge in [0.15, 0.2) is 0 Å². The Morgan fingerprint density at radius 1 is 0.904 bits per heavy atom. The molecular weight excluding hydrogens is 715 g/mol. The van der Waals surface area contributed by atoms with E-state index in [-0.39, 0.29) is 23.9 Å². The van der Waals surface area contributed by atoms with E-state index in [1.807, 2.05) is 30.3 Å². The molecule has 13 heteroatoms. The topological polar surface area (TPSA) is 96.0 Å². The lowest BCUT2D eigenvalue weighted by atomic mass is 9.94. The number of nitrogens with zero attached hydrogens (tertiary/aromatic N) is 2. The number of hydrogen-bond acceptors (Lipinski definition) is 5. The molecule has 4 aromatic carbocycles. The van der Waals surface area contributed by atoms with Gasteiger partial charge in [-0.05, 0) is 73.4 Å². The molecule has 0 heterocycles. The van der Waals surface area contributed by atoms with Crippen molar-refractivity contribution in [2.75, 3.05) is 18.0 Å². The Hall–Kier alpha value is -4.55. The smallest absolute Gasteiger partial charge is 0.417 e. The Balaban J connectivity index is 1.62. The molecule has 0 spiro atoms. The first-order valence-electron chi connectivity index (χ1n) is 17.0. The number of rotatable bonds is 13. The van der Waals surface area contributed by atoms with Crippen LogP contribution in [0.5, 0.6) is 5.75 Å². The fraction of sp³-hybridized carbons (Fsp3) is 0.333. The maximum absolute atomic E-state index is 14.8. The number of benzene rings is 4. The molecule has 0 saturated heterocycles. The van der Waals surface area contributed by atoms with Crippen LogP contribution in [-0.4, -0.2) is 50.9 Å². The van der Waals surface area contributed by atoms with Crippen LogP contribution in [0.2, 0.25) is 5.02 Å². The van der Waals surface area contributed by atoms with Crippen molar-refractivity contribution in [1.82, 2.24) is 10.2 Å². The lowest BCUT2D eigenvalue weighted by Gasteiger charge is -2.35. The molecule has 4 aromatic rings. The minimum Gasteiger partial charge on any atom is -0.497 e. The first kappa shape index (κ1) is 38.7. The molecule has 0 bridgehead atoms. The summed E-state index contributed by atoms with van der Waals surface area (Å²) in [7, 11) is -3.14. The highest BCUT2D eigenvalue weighted by molar-refractivity contribution is 7.92. The summed E-state index contributed by atoms with van der Waals surface area (Å²) in [6.07, 6.45) is -0.276. The van der Waals surface area contributed by atoms with Gasteiger partial charge >= 0.3 is 6.18 Å². The number of methoxy groups -OCH3 is 1. The van der Waals surface area contributed by atoms with Crippen LogP contribution in [-0.2, 0) is 38.8 Å². The van der Waals surface area contributed by atoms with Crippen LogP contribution in [0.15, 0.2) is 102 Å². The third-order valence-corrected chi connectivity index (χ3v) is 11.3. The first-order chi connectivity index (χ1) is 24.8. The van der Waals surface area contributed by atoms with Crippen molar-refractivity contribution in [3.8, 4) is 5.75 Å². The Morgan fingerprint density at radius 2 is 1.58 bits per heavy atom. The highest BCUT2D eigenvalue weighted by Crippen LogP contribution is 2.38. The number of carbonyl (C=O) groups is 2. The summed E-state index contributed by atoms with van der Waals surface area (Å²) in [5.41, 5.74) is 0.426. The van der Waals surface area contributed by atoms with Crippen molar-refractivity contribution in [1.29, 1.82) is 0 Å². The number of aryl methyl sites for hydroxylation is 1. The van der Waals surface area contributed by atoms with E-state index in [2.05, 4.69) is 5.32 Å². The number of anilines is 1. The lowest BCUT2D eigenvalue weighted by Crippen LogP contribution is -2.55. The quantitative estimate of drug-likeness (QED) is 0.150. The van der Waals surface area contributed by atoms with Crippen molar-refractivity contribution in [3.05, 3.63) is 124 Å². The van der Waals surface area contributed by atoms with E-state index in [0.717, 1.165) is 55.4 Å². The van der Waals surface area contributed by atoms with Crippen LogP contribution >= 0.6 is 11.6 Å². The van der Waals surface area contributed by atoms with Gasteiger partial charge in [0.05, 0.1) is 28.3 Å². The summed E-state index contributed by atoms with van der Waals surface area (Å²) in [5, 5.41) is 2.50. The minimum absolute atomic E-state index is 0.0958. The summed E-state index contributed by atoms with van der Waals surface area (Å²) in [6.45, 7) is 0.716. The van der Waals surface area contributed by atoms with Crippen molar-refractivity contribution < 1.29 is 35.9 Å². The summed E-state index contributed by atoms with van der Waals surface area (Å²) in [4.78, 5) is 30.1. The maximum Gasteiger partial charge on any atom is 0.417 e. The molecule has 0 aromatic heterocycles. The third-order valence-electron chi connectivity index (χ3n) is 9.14. The van der Waals surface area contributed by atoms with Gasteiger partial charge in [0, 0.05) is 19.0 Å². The Morgan fingerprint density at radius 3 is 2.23 bits per heavy atom. The van der Waals surface area contributed by atoms with Gasteiger partial charge in [0.25, 0.3) is 10.0 Å². The number of sulfonamides is 1. The zero-order valence-electron chi connectivity index (χ0n) is 28.9. The van der Waals surface area contributed by atoms with Gasteiger partial charge in [-0.2, -0.15) is 13.2 Å². The molecule has 0 radical (unpaired) electrons. The monoisotopic (exact) mass is 755 g/mol. The number of hydrogen-bond donors (Lipinski definition) is 1. The van der Waals surface area contributed by atoms with Crippen LogP contribution in [0, 0.1) is 6.92 Å². The molecular formula is C39H41ClF3N3O5S. The van der Waals surface area contributed by atoms with Crippen LogP contribution in [0.3, 0.4) is 0 Å². The molecule has 52 heavy (non-hydrogen) atoms. The molecule has 276 valence electrons. The summed E-state index contributed by atoms with van der Waals surface area (Å²) in [6, 6.07) is 23.3. The van der Waals surface area contributed by atoms with E-state index in [9.17, 15) is 31.2 Å². The van der Waals surface area contributed by atoms with Gasteiger partial charge in [-0.1, -0.05) is 91.0 Å². The predicted molar refractivity (Wildman–Crippen MR) is 195 cm³/mol. The van der Waals surface area contributed by atoms with E-state index < -0.39 is 56.9 Å². The fourth-order valence-corrected chi connectivity index (χ4v) is 7.95. The second kappa shape index (κ2) is 16.9. The minimum atomic E-state index is -4.91. The van der Waals surface area contributed by atoms with Gasteiger partial charge in [-0.3, -0.25) is 13.9 Å². The van der Waals surface area contributed by atoms with E-state index in [1.54, 1.807) is 43.3 Å². The molecule has 1 N–H and O–H groups in total. The average Bonchev–Trinajstić information content (AvgIpc) is 3.13. The van der Waals surface area contributed by atoms with Gasteiger partial charge in [0.1, 0.15) is 18.3 Å². The molecule has 1 saturated carbocycles. The molecule has 8 nitrogen and oxygen atoms in total. The largest absolute Gasteiger partial charge is 0.497 e. The fourth-order valence-electron chi connectivity index (χ4n) is 6.32. The normalized spacial score (nSPS) is 14.3. The Kier molecular flexibility index (Phi) is 12.5. The van der Waals surface area contributed by atoms with E-state index >= 15 is 0 Å². The van der Waals surface area contributed by atoms with Gasteiger partial charge in [0.2, 0.25) is 11.8 Å². The third kappa shape index (κ3) is 9.65. The molecule has 1 atom stereocenters. The van der Waals surface area contributed by atoms with Gasteiger partial charge in [-0.25, -0.2) is 8.42 Å². The zero-order valence-corrected chi connectivity index (χ0v) is 30.5. The Bertz CT molecular complexity index is 1950. The lowest BCUT2D eigenvalue weighted by molar-refractivity contribution is -0.140. The molecule has 0 unspecified atom stereocenters. The van der Waals surface area contributed by atoms with Gasteiger partial charge < -0.3 is 15.0 Å². The van der Waals surface area contributed by atoms with Crippen molar-refractivity contribution in [3.63, 3.8) is 0 Å². The highest BCUT2D eigenvalue weighted by Gasteiger charge is 2.38. The number of halogens is 4.